The van der Waals surface area contributed by atoms with Gasteiger partial charge in [-0.15, -0.1) is 0 Å². The maximum Gasteiger partial charge on any atom is 0.343 e. The van der Waals surface area contributed by atoms with E-state index in [1.807, 2.05) is 13.8 Å². The molecule has 1 heterocycles. The minimum absolute atomic E-state index is 0.385. The molecule has 1 atom stereocenters. The SMILES string of the molecule is CCCC1(C)CC(Cl)(Cl)C(=O)O1. The zero-order valence-corrected chi connectivity index (χ0v) is 8.71. The highest BCUT2D eigenvalue weighted by Gasteiger charge is 2.52. The maximum absolute atomic E-state index is 11.1. The molecule has 1 fully saturated rings. The van der Waals surface area contributed by atoms with E-state index in [4.69, 9.17) is 27.9 Å². The first-order valence-corrected chi connectivity index (χ1v) is 4.76. The molecule has 1 rings (SSSR count). The number of cyclic esters (lactones) is 1. The second kappa shape index (κ2) is 3.08. The average molecular weight is 211 g/mol. The molecular weight excluding hydrogens is 199 g/mol. The zero-order chi connectivity index (χ0) is 9.41. The first-order valence-electron chi connectivity index (χ1n) is 4.01. The smallest absolute Gasteiger partial charge is 0.343 e. The van der Waals surface area contributed by atoms with Crippen molar-refractivity contribution >= 4 is 29.2 Å². The summed E-state index contributed by atoms with van der Waals surface area (Å²) in [6.45, 7) is 3.89. The summed E-state index contributed by atoms with van der Waals surface area (Å²) < 4.78 is 3.77. The Labute approximate surface area is 82.2 Å². The summed E-state index contributed by atoms with van der Waals surface area (Å²) in [7, 11) is 0. The highest BCUT2D eigenvalue weighted by atomic mass is 35.5. The molecule has 4 heteroatoms. The Morgan fingerprint density at radius 2 is 2.17 bits per heavy atom. The van der Waals surface area contributed by atoms with E-state index in [1.165, 1.54) is 0 Å². The van der Waals surface area contributed by atoms with Gasteiger partial charge < -0.3 is 4.74 Å². The lowest BCUT2D eigenvalue weighted by Gasteiger charge is -2.21. The van der Waals surface area contributed by atoms with Gasteiger partial charge in [-0.2, -0.15) is 0 Å². The Morgan fingerprint density at radius 1 is 1.58 bits per heavy atom. The summed E-state index contributed by atoms with van der Waals surface area (Å²) >= 11 is 11.5. The van der Waals surface area contributed by atoms with E-state index in [1.54, 1.807) is 0 Å². The number of hydrogen-bond acceptors (Lipinski definition) is 2. The molecular formula is C8H12Cl2O2. The van der Waals surface area contributed by atoms with Crippen LogP contribution in [0.3, 0.4) is 0 Å². The van der Waals surface area contributed by atoms with Crippen molar-refractivity contribution in [1.29, 1.82) is 0 Å². The molecule has 0 N–H and O–H groups in total. The van der Waals surface area contributed by atoms with Crippen LogP contribution in [0.15, 0.2) is 0 Å². The third kappa shape index (κ3) is 1.86. The highest BCUT2D eigenvalue weighted by Crippen LogP contribution is 2.43. The Balaban J connectivity index is 2.71. The molecule has 0 aliphatic carbocycles. The van der Waals surface area contributed by atoms with Crippen LogP contribution in [0.5, 0.6) is 0 Å². The van der Waals surface area contributed by atoms with E-state index in [2.05, 4.69) is 0 Å². The highest BCUT2D eigenvalue weighted by molar-refractivity contribution is 6.58. The van der Waals surface area contributed by atoms with Crippen molar-refractivity contribution in [2.45, 2.75) is 43.0 Å². The van der Waals surface area contributed by atoms with Gasteiger partial charge in [-0.3, -0.25) is 0 Å². The Bertz CT molecular complexity index is 203. The number of carbonyl (C=O) groups excluding carboxylic acids is 1. The number of alkyl halides is 2. The average Bonchev–Trinajstić information content (AvgIpc) is 2.02. The van der Waals surface area contributed by atoms with Gasteiger partial charge in [0, 0.05) is 6.42 Å². The van der Waals surface area contributed by atoms with Gasteiger partial charge in [0.05, 0.1) is 0 Å². The van der Waals surface area contributed by atoms with Crippen molar-refractivity contribution in [1.82, 2.24) is 0 Å². The van der Waals surface area contributed by atoms with E-state index in [9.17, 15) is 4.79 Å². The second-order valence-electron chi connectivity index (χ2n) is 3.47. The van der Waals surface area contributed by atoms with Crippen molar-refractivity contribution in [2.75, 3.05) is 0 Å². The lowest BCUT2D eigenvalue weighted by Crippen LogP contribution is -2.23. The monoisotopic (exact) mass is 210 g/mol. The second-order valence-corrected chi connectivity index (χ2v) is 4.95. The molecule has 70 valence electrons. The number of ether oxygens (including phenoxy) is 1. The van der Waals surface area contributed by atoms with E-state index < -0.39 is 15.9 Å². The van der Waals surface area contributed by atoms with Crippen LogP contribution >= 0.6 is 23.2 Å². The van der Waals surface area contributed by atoms with Gasteiger partial charge in [0.2, 0.25) is 4.33 Å². The zero-order valence-electron chi connectivity index (χ0n) is 7.19. The molecule has 0 aromatic rings. The third-order valence-corrected chi connectivity index (χ3v) is 2.59. The largest absolute Gasteiger partial charge is 0.457 e. The molecule has 1 saturated heterocycles. The van der Waals surface area contributed by atoms with Gasteiger partial charge in [-0.1, -0.05) is 36.5 Å². The fourth-order valence-corrected chi connectivity index (χ4v) is 2.19. The molecule has 0 bridgehead atoms. The molecule has 12 heavy (non-hydrogen) atoms. The molecule has 0 radical (unpaired) electrons. The number of halogens is 2. The van der Waals surface area contributed by atoms with Crippen LogP contribution in [0.2, 0.25) is 0 Å². The number of hydrogen-bond donors (Lipinski definition) is 0. The lowest BCUT2D eigenvalue weighted by atomic mass is 9.97. The van der Waals surface area contributed by atoms with Crippen molar-refractivity contribution in [3.8, 4) is 0 Å². The van der Waals surface area contributed by atoms with Gasteiger partial charge >= 0.3 is 5.97 Å². The summed E-state index contributed by atoms with van der Waals surface area (Å²) in [6, 6.07) is 0. The van der Waals surface area contributed by atoms with Gasteiger partial charge in [-0.05, 0) is 13.3 Å². The first kappa shape index (κ1) is 10.1. The number of rotatable bonds is 2. The van der Waals surface area contributed by atoms with Crippen LogP contribution in [-0.4, -0.2) is 15.9 Å². The molecule has 0 amide bonds. The van der Waals surface area contributed by atoms with E-state index >= 15 is 0 Å². The third-order valence-electron chi connectivity index (χ3n) is 2.01. The van der Waals surface area contributed by atoms with Crippen LogP contribution < -0.4 is 0 Å². The minimum atomic E-state index is -1.33. The summed E-state index contributed by atoms with van der Waals surface area (Å²) in [6.07, 6.45) is 2.14. The molecule has 1 aliphatic rings. The maximum atomic E-state index is 11.1. The van der Waals surface area contributed by atoms with Crippen LogP contribution in [0.1, 0.15) is 33.1 Å². The summed E-state index contributed by atoms with van der Waals surface area (Å²) in [4.78, 5) is 11.1. The van der Waals surface area contributed by atoms with Crippen molar-refractivity contribution in [3.05, 3.63) is 0 Å². The van der Waals surface area contributed by atoms with Crippen molar-refractivity contribution in [3.63, 3.8) is 0 Å². The van der Waals surface area contributed by atoms with Crippen LogP contribution in [0, 0.1) is 0 Å². The standard InChI is InChI=1S/C8H12Cl2O2/c1-3-4-7(2)5-8(9,10)6(11)12-7/h3-5H2,1-2H3. The fourth-order valence-electron chi connectivity index (χ4n) is 1.54. The molecule has 1 aliphatic heterocycles. The predicted octanol–water partition coefficient (Wildman–Crippen LogP) is 2.67. The molecule has 0 saturated carbocycles. The van der Waals surface area contributed by atoms with Gasteiger partial charge in [0.15, 0.2) is 0 Å². The van der Waals surface area contributed by atoms with Crippen LogP contribution in [0.25, 0.3) is 0 Å². The predicted molar refractivity (Wildman–Crippen MR) is 48.5 cm³/mol. The van der Waals surface area contributed by atoms with Gasteiger partial charge in [-0.25, -0.2) is 4.79 Å². The van der Waals surface area contributed by atoms with E-state index in [0.29, 0.717) is 6.42 Å². The van der Waals surface area contributed by atoms with Gasteiger partial charge in [0.1, 0.15) is 5.60 Å². The quantitative estimate of drug-likeness (QED) is 0.518. The number of carbonyl (C=O) groups is 1. The van der Waals surface area contributed by atoms with Crippen LogP contribution in [-0.2, 0) is 9.53 Å². The summed E-state index contributed by atoms with van der Waals surface area (Å²) in [5, 5.41) is 0. The van der Waals surface area contributed by atoms with E-state index in [0.717, 1.165) is 12.8 Å². The number of esters is 1. The molecule has 0 aromatic carbocycles. The Hall–Kier alpha value is 0.0500. The Kier molecular flexibility index (Phi) is 2.60. The summed E-state index contributed by atoms with van der Waals surface area (Å²) in [5.74, 6) is -0.512. The summed E-state index contributed by atoms with van der Waals surface area (Å²) in [5.41, 5.74) is -0.463. The fraction of sp³-hybridized carbons (Fsp3) is 0.875. The minimum Gasteiger partial charge on any atom is -0.457 e. The molecule has 1 unspecified atom stereocenters. The molecule has 0 aromatic heterocycles. The lowest BCUT2D eigenvalue weighted by molar-refractivity contribution is -0.148. The molecule has 0 spiro atoms. The van der Waals surface area contributed by atoms with Crippen molar-refractivity contribution < 1.29 is 9.53 Å². The van der Waals surface area contributed by atoms with Gasteiger partial charge in [0.25, 0.3) is 0 Å². The van der Waals surface area contributed by atoms with E-state index in [-0.39, 0.29) is 0 Å². The Morgan fingerprint density at radius 3 is 2.50 bits per heavy atom. The van der Waals surface area contributed by atoms with Crippen LogP contribution in [0.4, 0.5) is 0 Å². The normalized spacial score (nSPS) is 33.5. The van der Waals surface area contributed by atoms with Crippen molar-refractivity contribution in [2.24, 2.45) is 0 Å². The topological polar surface area (TPSA) is 26.3 Å². The first-order chi connectivity index (χ1) is 5.40. The molecule has 2 nitrogen and oxygen atoms in total.